The van der Waals surface area contributed by atoms with Crippen molar-refractivity contribution in [2.75, 3.05) is 0 Å². The van der Waals surface area contributed by atoms with Crippen LogP contribution in [0, 0.1) is 0 Å². The van der Waals surface area contributed by atoms with E-state index in [-0.39, 0.29) is 11.0 Å². The molecule has 0 aromatic heterocycles. The van der Waals surface area contributed by atoms with Crippen LogP contribution in [-0.4, -0.2) is 16.9 Å². The molecule has 3 N–H and O–H groups in total. The molecule has 2 amide bonds. The number of rotatable bonds is 4. The molecular weight excluding hydrogens is 418 g/mol. The average molecular weight is 436 g/mol. The van der Waals surface area contributed by atoms with Crippen molar-refractivity contribution in [3.63, 3.8) is 0 Å². The fourth-order valence-electron chi connectivity index (χ4n) is 2.59. The standard InChI is InChI=1S/C23H18ClN3O2S/c24-20-9-5-4-8-18(20)14-15-21(28)25-23(30)27-26-22(29)19-12-10-17(11-13-19)16-6-2-1-3-7-16/h1-15H,(H,26,29)(H2,25,27,28,30)/b15-14+. The van der Waals surface area contributed by atoms with Crippen LogP contribution in [0.15, 0.2) is 84.9 Å². The Hall–Kier alpha value is -3.48. The number of halogens is 1. The van der Waals surface area contributed by atoms with E-state index in [1.807, 2.05) is 48.5 Å². The van der Waals surface area contributed by atoms with Crippen molar-refractivity contribution in [1.82, 2.24) is 16.2 Å². The molecule has 0 saturated heterocycles. The van der Waals surface area contributed by atoms with E-state index in [1.165, 1.54) is 6.08 Å². The molecule has 3 aromatic rings. The molecule has 0 atom stereocenters. The minimum absolute atomic E-state index is 0.0296. The first kappa shape index (κ1) is 21.2. The number of carbonyl (C=O) groups excluding carboxylic acids is 2. The smallest absolute Gasteiger partial charge is 0.269 e. The summed E-state index contributed by atoms with van der Waals surface area (Å²) in [6.45, 7) is 0. The van der Waals surface area contributed by atoms with Gasteiger partial charge in [-0.2, -0.15) is 0 Å². The van der Waals surface area contributed by atoms with Crippen molar-refractivity contribution in [2.24, 2.45) is 0 Å². The van der Waals surface area contributed by atoms with Gasteiger partial charge in [-0.1, -0.05) is 72.3 Å². The molecule has 3 rings (SSSR count). The minimum Gasteiger partial charge on any atom is -0.298 e. The van der Waals surface area contributed by atoms with Crippen molar-refractivity contribution < 1.29 is 9.59 Å². The zero-order chi connectivity index (χ0) is 21.3. The van der Waals surface area contributed by atoms with Gasteiger partial charge in [0.05, 0.1) is 0 Å². The first-order valence-corrected chi connectivity index (χ1v) is 9.81. The van der Waals surface area contributed by atoms with Crippen molar-refractivity contribution in [3.8, 4) is 11.1 Å². The SMILES string of the molecule is O=C(/C=C/c1ccccc1Cl)NC(=S)NNC(=O)c1ccc(-c2ccccc2)cc1. The van der Waals surface area contributed by atoms with Gasteiger partial charge in [-0.15, -0.1) is 0 Å². The van der Waals surface area contributed by atoms with Gasteiger partial charge in [0.25, 0.3) is 5.91 Å². The lowest BCUT2D eigenvalue weighted by molar-refractivity contribution is -0.115. The van der Waals surface area contributed by atoms with Gasteiger partial charge < -0.3 is 0 Å². The minimum atomic E-state index is -0.450. The van der Waals surface area contributed by atoms with Gasteiger partial charge in [0, 0.05) is 16.7 Å². The van der Waals surface area contributed by atoms with Gasteiger partial charge in [-0.25, -0.2) is 0 Å². The Morgan fingerprint density at radius 1 is 0.800 bits per heavy atom. The van der Waals surface area contributed by atoms with E-state index < -0.39 is 5.91 Å². The largest absolute Gasteiger partial charge is 0.298 e. The summed E-state index contributed by atoms with van der Waals surface area (Å²) in [6.07, 6.45) is 2.88. The highest BCUT2D eigenvalue weighted by Crippen LogP contribution is 2.19. The predicted molar refractivity (Wildman–Crippen MR) is 124 cm³/mol. The molecule has 0 saturated carbocycles. The van der Waals surface area contributed by atoms with E-state index in [1.54, 1.807) is 36.4 Å². The normalized spacial score (nSPS) is 10.4. The number of hydrazine groups is 1. The maximum Gasteiger partial charge on any atom is 0.269 e. The highest BCUT2D eigenvalue weighted by atomic mass is 35.5. The molecule has 7 heteroatoms. The van der Waals surface area contributed by atoms with E-state index in [9.17, 15) is 9.59 Å². The first-order valence-electron chi connectivity index (χ1n) is 9.02. The summed E-state index contributed by atoms with van der Waals surface area (Å²) in [7, 11) is 0. The van der Waals surface area contributed by atoms with Gasteiger partial charge in [-0.3, -0.25) is 25.8 Å². The van der Waals surface area contributed by atoms with Crippen LogP contribution in [0.3, 0.4) is 0 Å². The molecule has 0 aliphatic heterocycles. The van der Waals surface area contributed by atoms with Crippen molar-refractivity contribution in [1.29, 1.82) is 0 Å². The van der Waals surface area contributed by atoms with Gasteiger partial charge >= 0.3 is 0 Å². The maximum absolute atomic E-state index is 12.3. The van der Waals surface area contributed by atoms with Crippen LogP contribution in [0.25, 0.3) is 17.2 Å². The Labute approximate surface area is 184 Å². The first-order chi connectivity index (χ1) is 14.5. The zero-order valence-electron chi connectivity index (χ0n) is 15.8. The van der Waals surface area contributed by atoms with Gasteiger partial charge in [0.1, 0.15) is 0 Å². The molecule has 0 aliphatic carbocycles. The Morgan fingerprint density at radius 3 is 2.13 bits per heavy atom. The third-order valence-corrected chi connectivity index (χ3v) is 4.65. The van der Waals surface area contributed by atoms with E-state index in [0.29, 0.717) is 16.1 Å². The van der Waals surface area contributed by atoms with E-state index in [2.05, 4.69) is 16.2 Å². The summed E-state index contributed by atoms with van der Waals surface area (Å²) in [5, 5.41) is 2.95. The number of thiocarbonyl (C=S) groups is 1. The number of nitrogens with one attached hydrogen (secondary N) is 3. The topological polar surface area (TPSA) is 70.2 Å². The molecule has 3 aromatic carbocycles. The number of hydrogen-bond donors (Lipinski definition) is 3. The second-order valence-corrected chi connectivity index (χ2v) is 7.01. The van der Waals surface area contributed by atoms with Gasteiger partial charge in [0.15, 0.2) is 5.11 Å². The van der Waals surface area contributed by atoms with Crippen LogP contribution >= 0.6 is 23.8 Å². The lowest BCUT2D eigenvalue weighted by atomic mass is 10.0. The van der Waals surface area contributed by atoms with E-state index in [4.69, 9.17) is 23.8 Å². The second-order valence-electron chi connectivity index (χ2n) is 6.20. The fourth-order valence-corrected chi connectivity index (χ4v) is 2.94. The van der Waals surface area contributed by atoms with Crippen molar-refractivity contribution in [3.05, 3.63) is 101 Å². The Balaban J connectivity index is 1.49. The van der Waals surface area contributed by atoms with Crippen LogP contribution in [0.1, 0.15) is 15.9 Å². The lowest BCUT2D eigenvalue weighted by Gasteiger charge is -2.10. The summed E-state index contributed by atoms with van der Waals surface area (Å²) in [4.78, 5) is 24.2. The Bertz CT molecular complexity index is 1080. The number of carbonyl (C=O) groups is 2. The molecule has 0 bridgehead atoms. The molecule has 0 unspecified atom stereocenters. The zero-order valence-corrected chi connectivity index (χ0v) is 17.3. The molecule has 0 aliphatic rings. The van der Waals surface area contributed by atoms with Crippen molar-refractivity contribution >= 4 is 46.8 Å². The maximum atomic E-state index is 12.3. The van der Waals surface area contributed by atoms with Crippen molar-refractivity contribution in [2.45, 2.75) is 0 Å². The summed E-state index contributed by atoms with van der Waals surface area (Å²) in [5.41, 5.74) is 8.20. The third-order valence-electron chi connectivity index (χ3n) is 4.10. The summed E-state index contributed by atoms with van der Waals surface area (Å²) >= 11 is 11.1. The predicted octanol–water partition coefficient (Wildman–Crippen LogP) is 4.36. The van der Waals surface area contributed by atoms with Crippen LogP contribution in [-0.2, 0) is 4.79 Å². The monoisotopic (exact) mass is 435 g/mol. The van der Waals surface area contributed by atoms with Crippen LogP contribution in [0.2, 0.25) is 5.02 Å². The number of benzene rings is 3. The molecule has 0 heterocycles. The summed E-state index contributed by atoms with van der Waals surface area (Å²) < 4.78 is 0. The molecule has 150 valence electrons. The second kappa shape index (κ2) is 10.3. The molecular formula is C23H18ClN3O2S. The van der Waals surface area contributed by atoms with Crippen LogP contribution < -0.4 is 16.2 Å². The molecule has 30 heavy (non-hydrogen) atoms. The van der Waals surface area contributed by atoms with Crippen LogP contribution in [0.5, 0.6) is 0 Å². The molecule has 0 spiro atoms. The molecule has 0 radical (unpaired) electrons. The number of hydrogen-bond acceptors (Lipinski definition) is 3. The van der Waals surface area contributed by atoms with Gasteiger partial charge in [0.2, 0.25) is 5.91 Å². The highest BCUT2D eigenvalue weighted by Gasteiger charge is 2.07. The summed E-state index contributed by atoms with van der Waals surface area (Å²) in [5.74, 6) is -0.827. The fraction of sp³-hybridized carbons (Fsp3) is 0. The molecule has 0 fully saturated rings. The average Bonchev–Trinajstić information content (AvgIpc) is 2.77. The van der Waals surface area contributed by atoms with Crippen LogP contribution in [0.4, 0.5) is 0 Å². The molecule has 5 nitrogen and oxygen atoms in total. The highest BCUT2D eigenvalue weighted by molar-refractivity contribution is 7.80. The van der Waals surface area contributed by atoms with Gasteiger partial charge in [-0.05, 0) is 53.2 Å². The van der Waals surface area contributed by atoms with E-state index >= 15 is 0 Å². The Kier molecular flexibility index (Phi) is 7.32. The quantitative estimate of drug-likeness (QED) is 0.323. The van der Waals surface area contributed by atoms with E-state index in [0.717, 1.165) is 11.1 Å². The number of amides is 2. The summed E-state index contributed by atoms with van der Waals surface area (Å²) in [6, 6.07) is 24.2. The Morgan fingerprint density at radius 2 is 1.43 bits per heavy atom. The lowest BCUT2D eigenvalue weighted by Crippen LogP contribution is -2.48. The third kappa shape index (κ3) is 6.01.